The summed E-state index contributed by atoms with van der Waals surface area (Å²) >= 11 is 1.16. The number of carboxylic acid groups (broad SMARTS) is 1. The van der Waals surface area contributed by atoms with Crippen molar-refractivity contribution in [1.29, 1.82) is 0 Å². The molecule has 1 saturated heterocycles. The van der Waals surface area contributed by atoms with E-state index in [1.54, 1.807) is 17.9 Å². The number of carbonyl (C=O) groups is 3. The number of likely N-dealkylation sites (tertiary alicyclic amines) is 1. The maximum absolute atomic E-state index is 13.3. The van der Waals surface area contributed by atoms with Gasteiger partial charge in [0.05, 0.1) is 15.8 Å². The van der Waals surface area contributed by atoms with E-state index in [0.717, 1.165) is 23.0 Å². The normalized spacial score (nSPS) is 14.8. The molecule has 0 unspecified atom stereocenters. The summed E-state index contributed by atoms with van der Waals surface area (Å²) in [5.74, 6) is -2.33. The molecule has 0 aliphatic carbocycles. The fourth-order valence-corrected chi connectivity index (χ4v) is 4.08. The molecule has 1 fully saturated rings. The molecule has 0 atom stereocenters. The Labute approximate surface area is 159 Å². The van der Waals surface area contributed by atoms with Crippen molar-refractivity contribution >= 4 is 34.1 Å². The molecular weight excluding hydrogens is 371 g/mol. The van der Waals surface area contributed by atoms with Crippen LogP contribution >= 0.6 is 11.3 Å². The highest BCUT2D eigenvalue weighted by atomic mass is 32.1. The number of hydrogen-bond acceptors (Lipinski definition) is 4. The van der Waals surface area contributed by atoms with Crippen molar-refractivity contribution in [2.45, 2.75) is 19.8 Å². The number of benzene rings is 1. The van der Waals surface area contributed by atoms with Crippen LogP contribution in [0.2, 0.25) is 0 Å². The molecule has 2 N–H and O–H groups in total. The van der Waals surface area contributed by atoms with E-state index < -0.39 is 23.6 Å². The molecule has 1 aliphatic heterocycles. The molecule has 1 aromatic heterocycles. The lowest BCUT2D eigenvalue weighted by Gasteiger charge is -2.29. The van der Waals surface area contributed by atoms with Crippen LogP contribution in [0.5, 0.6) is 0 Å². The minimum Gasteiger partial charge on any atom is -0.481 e. The van der Waals surface area contributed by atoms with E-state index >= 15 is 0 Å². The molecule has 2 aromatic rings. The molecule has 0 saturated carbocycles. The molecule has 27 heavy (non-hydrogen) atoms. The topological polar surface area (TPSA) is 86.7 Å². The van der Waals surface area contributed by atoms with Gasteiger partial charge in [-0.2, -0.15) is 0 Å². The summed E-state index contributed by atoms with van der Waals surface area (Å²) in [6.07, 6.45) is 0.878. The van der Waals surface area contributed by atoms with Gasteiger partial charge in [0.15, 0.2) is 0 Å². The van der Waals surface area contributed by atoms with Gasteiger partial charge >= 0.3 is 5.97 Å². The fourth-order valence-electron chi connectivity index (χ4n) is 3.04. The van der Waals surface area contributed by atoms with Crippen molar-refractivity contribution in [2.24, 2.45) is 5.92 Å². The number of thiophene rings is 1. The number of nitrogens with one attached hydrogen (secondary N) is 1. The monoisotopic (exact) mass is 390 g/mol. The first-order valence-corrected chi connectivity index (χ1v) is 9.36. The van der Waals surface area contributed by atoms with Crippen molar-refractivity contribution in [3.05, 3.63) is 52.2 Å². The molecule has 1 aromatic carbocycles. The zero-order chi connectivity index (χ0) is 19.6. The lowest BCUT2D eigenvalue weighted by atomic mass is 9.97. The molecule has 6 nitrogen and oxygen atoms in total. The Morgan fingerprint density at radius 2 is 1.93 bits per heavy atom. The van der Waals surface area contributed by atoms with Gasteiger partial charge in [0.1, 0.15) is 5.82 Å². The average molecular weight is 390 g/mol. The molecule has 0 radical (unpaired) electrons. The first kappa shape index (κ1) is 19.0. The van der Waals surface area contributed by atoms with Crippen LogP contribution in [0.25, 0.3) is 0 Å². The Morgan fingerprint density at radius 3 is 2.56 bits per heavy atom. The second kappa shape index (κ2) is 7.87. The Bertz CT molecular complexity index is 888. The number of piperidine rings is 1. The zero-order valence-electron chi connectivity index (χ0n) is 14.7. The molecule has 2 amide bonds. The summed E-state index contributed by atoms with van der Waals surface area (Å²) in [5.41, 5.74) is 0.935. The van der Waals surface area contributed by atoms with Gasteiger partial charge in [-0.25, -0.2) is 4.39 Å². The molecule has 2 heterocycles. The van der Waals surface area contributed by atoms with Crippen LogP contribution in [0, 0.1) is 18.7 Å². The van der Waals surface area contributed by atoms with Crippen LogP contribution in [0.1, 0.15) is 38.4 Å². The Hall–Kier alpha value is -2.74. The Morgan fingerprint density at radius 1 is 1.22 bits per heavy atom. The third-order valence-electron chi connectivity index (χ3n) is 4.57. The predicted molar refractivity (Wildman–Crippen MR) is 99.7 cm³/mol. The van der Waals surface area contributed by atoms with E-state index in [1.807, 2.05) is 0 Å². The molecular formula is C19H19FN2O4S. The number of aryl methyl sites for hydroxylation is 1. The highest BCUT2D eigenvalue weighted by Crippen LogP contribution is 2.29. The Kier molecular flexibility index (Phi) is 5.55. The van der Waals surface area contributed by atoms with Crippen molar-refractivity contribution in [1.82, 2.24) is 4.90 Å². The van der Waals surface area contributed by atoms with Gasteiger partial charge in [-0.3, -0.25) is 14.4 Å². The van der Waals surface area contributed by atoms with Gasteiger partial charge < -0.3 is 15.3 Å². The number of carboxylic acids is 1. The summed E-state index contributed by atoms with van der Waals surface area (Å²) in [6, 6.07) is 7.08. The van der Waals surface area contributed by atoms with Gasteiger partial charge in [0.25, 0.3) is 11.8 Å². The third-order valence-corrected chi connectivity index (χ3v) is 5.71. The maximum Gasteiger partial charge on any atom is 0.306 e. The quantitative estimate of drug-likeness (QED) is 0.838. The van der Waals surface area contributed by atoms with Crippen LogP contribution in [0.3, 0.4) is 0 Å². The number of carbonyl (C=O) groups excluding carboxylic acids is 2. The van der Waals surface area contributed by atoms with Gasteiger partial charge in [-0.15, -0.1) is 11.3 Å². The zero-order valence-corrected chi connectivity index (χ0v) is 15.5. The van der Waals surface area contributed by atoms with E-state index in [1.165, 1.54) is 18.2 Å². The van der Waals surface area contributed by atoms with E-state index in [-0.39, 0.29) is 11.5 Å². The van der Waals surface area contributed by atoms with Crippen LogP contribution in [-0.2, 0) is 4.79 Å². The van der Waals surface area contributed by atoms with E-state index in [9.17, 15) is 18.8 Å². The molecule has 8 heteroatoms. The molecule has 0 bridgehead atoms. The summed E-state index contributed by atoms with van der Waals surface area (Å²) in [4.78, 5) is 38.2. The number of nitrogens with zero attached hydrogens (tertiary/aromatic N) is 1. The van der Waals surface area contributed by atoms with Gasteiger partial charge in [0.2, 0.25) is 0 Å². The number of aliphatic carboxylic acids is 1. The lowest BCUT2D eigenvalue weighted by Crippen LogP contribution is -2.40. The standard InChI is InChI=1S/C19H19FN2O4S/c1-11-9-15(21-17(23)13-3-2-4-14(20)10-13)27-16(11)18(24)22-7-5-12(6-8-22)19(25)26/h2-4,9-10,12H,5-8H2,1H3,(H,21,23)(H,25,26). The SMILES string of the molecule is Cc1cc(NC(=O)c2cccc(F)c2)sc1C(=O)N1CCC(C(=O)O)CC1. The summed E-state index contributed by atoms with van der Waals surface area (Å²) in [5, 5.41) is 12.3. The van der Waals surface area contributed by atoms with Crippen LogP contribution in [0.15, 0.2) is 30.3 Å². The van der Waals surface area contributed by atoms with E-state index in [2.05, 4.69) is 5.32 Å². The van der Waals surface area contributed by atoms with E-state index in [4.69, 9.17) is 5.11 Å². The summed E-state index contributed by atoms with van der Waals surface area (Å²) in [7, 11) is 0. The molecule has 0 spiro atoms. The third kappa shape index (κ3) is 4.33. The number of hydrogen-bond donors (Lipinski definition) is 2. The minimum atomic E-state index is -0.822. The number of rotatable bonds is 4. The molecule has 3 rings (SSSR count). The summed E-state index contributed by atoms with van der Waals surface area (Å²) in [6.45, 7) is 2.59. The molecule has 142 valence electrons. The molecule has 1 aliphatic rings. The largest absolute Gasteiger partial charge is 0.481 e. The van der Waals surface area contributed by atoms with Gasteiger partial charge in [-0.1, -0.05) is 6.07 Å². The van der Waals surface area contributed by atoms with Crippen molar-refractivity contribution in [2.75, 3.05) is 18.4 Å². The average Bonchev–Trinajstić information content (AvgIpc) is 3.01. The van der Waals surface area contributed by atoms with Crippen LogP contribution in [-0.4, -0.2) is 40.9 Å². The first-order valence-electron chi connectivity index (χ1n) is 8.54. The van der Waals surface area contributed by atoms with E-state index in [0.29, 0.717) is 35.8 Å². The maximum atomic E-state index is 13.3. The Balaban J connectivity index is 1.68. The van der Waals surface area contributed by atoms with Crippen molar-refractivity contribution in [3.63, 3.8) is 0 Å². The fraction of sp³-hybridized carbons (Fsp3) is 0.316. The predicted octanol–water partition coefficient (Wildman–Crippen LogP) is 3.38. The van der Waals surface area contributed by atoms with Crippen LogP contribution in [0.4, 0.5) is 9.39 Å². The van der Waals surface area contributed by atoms with Crippen LogP contribution < -0.4 is 5.32 Å². The van der Waals surface area contributed by atoms with Crippen molar-refractivity contribution < 1.29 is 23.9 Å². The summed E-state index contributed by atoms with van der Waals surface area (Å²) < 4.78 is 13.3. The highest BCUT2D eigenvalue weighted by molar-refractivity contribution is 7.18. The second-order valence-electron chi connectivity index (χ2n) is 6.49. The first-order chi connectivity index (χ1) is 12.8. The van der Waals surface area contributed by atoms with Gasteiger partial charge in [0, 0.05) is 18.7 Å². The second-order valence-corrected chi connectivity index (χ2v) is 7.54. The number of amides is 2. The van der Waals surface area contributed by atoms with Crippen molar-refractivity contribution in [3.8, 4) is 0 Å². The minimum absolute atomic E-state index is 0.160. The number of halogens is 1. The number of anilines is 1. The van der Waals surface area contributed by atoms with Gasteiger partial charge in [-0.05, 0) is 49.6 Å². The smallest absolute Gasteiger partial charge is 0.306 e. The lowest BCUT2D eigenvalue weighted by molar-refractivity contribution is -0.143. The highest BCUT2D eigenvalue weighted by Gasteiger charge is 2.29.